The molecule has 8 nitrogen and oxygen atoms in total. The van der Waals surface area contributed by atoms with Crippen LogP contribution in [0, 0.1) is 0 Å². The lowest BCUT2D eigenvalue weighted by molar-refractivity contribution is -0.870. The van der Waals surface area contributed by atoms with E-state index < -0.39 is 20.0 Å². The van der Waals surface area contributed by atoms with Gasteiger partial charge in [0, 0.05) is 6.42 Å². The molecule has 0 aliphatic carbocycles. The first-order chi connectivity index (χ1) is 30.0. The number of nitrogens with zero attached hydrogens (tertiary/aromatic N) is 1. The number of rotatable bonds is 46. The van der Waals surface area contributed by atoms with Crippen molar-refractivity contribution in [2.45, 2.75) is 231 Å². The minimum absolute atomic E-state index is 0.0512. The van der Waals surface area contributed by atoms with E-state index in [0.717, 1.165) is 57.8 Å². The van der Waals surface area contributed by atoms with Gasteiger partial charge in [-0.05, 0) is 77.0 Å². The highest BCUT2D eigenvalue weighted by atomic mass is 31.2. The Bertz CT molecular complexity index is 1190. The Labute approximate surface area is 383 Å². The smallest absolute Gasteiger partial charge is 0.387 e. The molecule has 0 aromatic heterocycles. The zero-order chi connectivity index (χ0) is 45.7. The van der Waals surface area contributed by atoms with Gasteiger partial charge in [-0.1, -0.05) is 197 Å². The Kier molecular flexibility index (Phi) is 43.1. The summed E-state index contributed by atoms with van der Waals surface area (Å²) in [5.41, 5.74) is 0. The second-order valence-electron chi connectivity index (χ2n) is 18.5. The normalized spacial score (nSPS) is 14.6. The summed E-state index contributed by atoms with van der Waals surface area (Å²) in [6.45, 7) is 4.75. The van der Waals surface area contributed by atoms with Crippen LogP contribution in [0.3, 0.4) is 0 Å². The van der Waals surface area contributed by atoms with E-state index >= 15 is 0 Å². The first-order valence-electron chi connectivity index (χ1n) is 25.7. The number of aliphatic hydroxyl groups is 1. The van der Waals surface area contributed by atoms with Crippen LogP contribution in [0.1, 0.15) is 219 Å². The first kappa shape index (κ1) is 60.2. The average Bonchev–Trinajstić information content (AvgIpc) is 3.23. The highest BCUT2D eigenvalue weighted by Crippen LogP contribution is 2.43. The molecule has 0 saturated heterocycles. The summed E-state index contributed by atoms with van der Waals surface area (Å²) in [5, 5.41) is 13.8. The summed E-state index contributed by atoms with van der Waals surface area (Å²) in [6, 6.07) is -0.872. The minimum atomic E-state index is -4.35. The summed E-state index contributed by atoms with van der Waals surface area (Å²) in [5.74, 6) is -0.195. The Balaban J connectivity index is 4.23. The van der Waals surface area contributed by atoms with Gasteiger partial charge < -0.3 is 19.8 Å². The van der Waals surface area contributed by atoms with E-state index in [9.17, 15) is 19.4 Å². The SMILES string of the molecule is CCCCC/C=C/CC/C=C/CC/C=C/C(O)C(COP(=O)(O)OCC[N+](C)(C)C)NC(=O)CCCCCCCCCCCCC/C=C\C/C=C\CCCCCCCCCCC. The van der Waals surface area contributed by atoms with E-state index in [-0.39, 0.29) is 19.1 Å². The van der Waals surface area contributed by atoms with Gasteiger partial charge >= 0.3 is 7.82 Å². The summed E-state index contributed by atoms with van der Waals surface area (Å²) in [4.78, 5) is 23.2. The quantitative estimate of drug-likeness (QED) is 0.0243. The number of allylic oxidation sites excluding steroid dienone is 9. The molecule has 0 spiro atoms. The number of aliphatic hydroxyl groups excluding tert-OH is 1. The summed E-state index contributed by atoms with van der Waals surface area (Å²) >= 11 is 0. The first-order valence-corrected chi connectivity index (χ1v) is 27.2. The highest BCUT2D eigenvalue weighted by Gasteiger charge is 2.27. The van der Waals surface area contributed by atoms with E-state index in [2.05, 4.69) is 67.8 Å². The third-order valence-corrected chi connectivity index (χ3v) is 12.2. The predicted octanol–water partition coefficient (Wildman–Crippen LogP) is 15.0. The van der Waals surface area contributed by atoms with Crippen LogP contribution in [0.15, 0.2) is 60.8 Å². The molecule has 0 fully saturated rings. The van der Waals surface area contributed by atoms with Crippen molar-refractivity contribution in [1.82, 2.24) is 5.32 Å². The van der Waals surface area contributed by atoms with Gasteiger partial charge in [0.05, 0.1) is 39.9 Å². The van der Waals surface area contributed by atoms with E-state index in [1.165, 1.54) is 141 Å². The maximum absolute atomic E-state index is 12.9. The number of nitrogens with one attached hydrogen (secondary N) is 1. The molecular weight excluding hydrogens is 792 g/mol. The number of likely N-dealkylation sites (N-methyl/N-ethyl adjacent to an activating group) is 1. The van der Waals surface area contributed by atoms with E-state index in [1.807, 2.05) is 27.2 Å². The van der Waals surface area contributed by atoms with Crippen LogP contribution in [-0.4, -0.2) is 73.4 Å². The van der Waals surface area contributed by atoms with E-state index in [0.29, 0.717) is 17.4 Å². The van der Waals surface area contributed by atoms with Crippen molar-refractivity contribution in [1.29, 1.82) is 0 Å². The third kappa shape index (κ3) is 46.2. The highest BCUT2D eigenvalue weighted by molar-refractivity contribution is 7.47. The molecule has 62 heavy (non-hydrogen) atoms. The topological polar surface area (TPSA) is 105 Å². The fourth-order valence-electron chi connectivity index (χ4n) is 7.10. The lowest BCUT2D eigenvalue weighted by Gasteiger charge is -2.25. The van der Waals surface area contributed by atoms with E-state index in [4.69, 9.17) is 9.05 Å². The van der Waals surface area contributed by atoms with Crippen molar-refractivity contribution in [3.63, 3.8) is 0 Å². The molecule has 0 heterocycles. The number of carbonyl (C=O) groups excluding carboxylic acids is 1. The number of amides is 1. The number of phosphoric acid groups is 1. The van der Waals surface area contributed by atoms with Crippen LogP contribution >= 0.6 is 7.82 Å². The van der Waals surface area contributed by atoms with Gasteiger partial charge in [-0.15, -0.1) is 0 Å². The molecule has 1 amide bonds. The maximum atomic E-state index is 12.9. The van der Waals surface area contributed by atoms with Gasteiger partial charge in [-0.25, -0.2) is 4.57 Å². The van der Waals surface area contributed by atoms with Gasteiger partial charge in [0.25, 0.3) is 0 Å². The molecule has 0 radical (unpaired) electrons. The van der Waals surface area contributed by atoms with Crippen molar-refractivity contribution in [3.8, 4) is 0 Å². The van der Waals surface area contributed by atoms with Crippen LogP contribution < -0.4 is 5.32 Å². The molecule has 0 aromatic carbocycles. The van der Waals surface area contributed by atoms with Gasteiger partial charge in [0.15, 0.2) is 0 Å². The predicted molar refractivity (Wildman–Crippen MR) is 267 cm³/mol. The fraction of sp³-hybridized carbons (Fsp3) is 0.792. The van der Waals surface area contributed by atoms with Gasteiger partial charge in [-0.3, -0.25) is 13.8 Å². The molecule has 362 valence electrons. The monoisotopic (exact) mass is 892 g/mol. The van der Waals surface area contributed by atoms with Crippen molar-refractivity contribution >= 4 is 13.7 Å². The van der Waals surface area contributed by atoms with Crippen molar-refractivity contribution < 1.29 is 32.9 Å². The Hall–Kier alpha value is -1.80. The molecule has 0 aromatic rings. The maximum Gasteiger partial charge on any atom is 0.472 e. The zero-order valence-electron chi connectivity index (χ0n) is 41.1. The molecule has 0 aliphatic heterocycles. The average molecular weight is 892 g/mol. The third-order valence-electron chi connectivity index (χ3n) is 11.2. The van der Waals surface area contributed by atoms with Crippen molar-refractivity contribution in [3.05, 3.63) is 60.8 Å². The number of quaternary nitrogens is 1. The Morgan fingerprint density at radius 2 is 0.935 bits per heavy atom. The molecule has 3 unspecified atom stereocenters. The molecule has 9 heteroatoms. The molecule has 0 aliphatic rings. The molecule has 3 N–H and O–H groups in total. The molecule has 0 rings (SSSR count). The van der Waals surface area contributed by atoms with E-state index in [1.54, 1.807) is 6.08 Å². The fourth-order valence-corrected chi connectivity index (χ4v) is 7.84. The van der Waals surface area contributed by atoms with Gasteiger partial charge in [-0.2, -0.15) is 0 Å². The van der Waals surface area contributed by atoms with Crippen LogP contribution in [0.25, 0.3) is 0 Å². The minimum Gasteiger partial charge on any atom is -0.387 e. The largest absolute Gasteiger partial charge is 0.472 e. The number of hydrogen-bond donors (Lipinski definition) is 3. The number of unbranched alkanes of at least 4 members (excludes halogenated alkanes) is 25. The lowest BCUT2D eigenvalue weighted by Crippen LogP contribution is -2.45. The Morgan fingerprint density at radius 1 is 0.548 bits per heavy atom. The number of hydrogen-bond acceptors (Lipinski definition) is 5. The van der Waals surface area contributed by atoms with Gasteiger partial charge in [0.2, 0.25) is 5.91 Å². The van der Waals surface area contributed by atoms with Crippen molar-refractivity contribution in [2.24, 2.45) is 0 Å². The standard InChI is InChI=1S/C53H99N2O6P/c1-6-8-10-12-14-16-18-20-21-22-23-24-25-26-27-28-29-30-31-32-33-35-37-39-41-43-45-47-53(57)54-51(50-61-62(58,59)60-49-48-55(3,4)5)52(56)46-44-42-40-38-36-34-19-17-15-13-11-9-7-2/h15,17,23-24,26-27,36,38,44,46,51-52,56H,6-14,16,18-22,25,28-35,37,39-43,45,47-50H2,1-5H3,(H-,54,57,58,59)/p+1/b17-15+,24-23-,27-26-,38-36+,46-44+. The molecular formula is C53H100N2O6P+. The van der Waals surface area contributed by atoms with Crippen LogP contribution in [0.5, 0.6) is 0 Å². The summed E-state index contributed by atoms with van der Waals surface area (Å²) in [7, 11) is 1.54. The summed E-state index contributed by atoms with van der Waals surface area (Å²) in [6.07, 6.45) is 58.9. The zero-order valence-corrected chi connectivity index (χ0v) is 42.0. The molecule has 0 saturated carbocycles. The molecule has 0 bridgehead atoms. The second kappa shape index (κ2) is 44.4. The van der Waals surface area contributed by atoms with Crippen molar-refractivity contribution in [2.75, 3.05) is 40.9 Å². The number of phosphoric ester groups is 1. The van der Waals surface area contributed by atoms with Crippen LogP contribution in [0.2, 0.25) is 0 Å². The molecule has 3 atom stereocenters. The lowest BCUT2D eigenvalue weighted by atomic mass is 10.0. The Morgan fingerprint density at radius 3 is 1.42 bits per heavy atom. The van der Waals surface area contributed by atoms with Crippen LogP contribution in [0.4, 0.5) is 0 Å². The second-order valence-corrected chi connectivity index (χ2v) is 20.0. The van der Waals surface area contributed by atoms with Gasteiger partial charge in [0.1, 0.15) is 13.2 Å². The summed E-state index contributed by atoms with van der Waals surface area (Å²) < 4.78 is 23.6. The number of carbonyl (C=O) groups is 1. The van der Waals surface area contributed by atoms with Crippen LogP contribution in [-0.2, 0) is 18.4 Å².